The zero-order chi connectivity index (χ0) is 14.7. The molecule has 21 heavy (non-hydrogen) atoms. The second kappa shape index (κ2) is 6.94. The number of nitrogens with one attached hydrogen (secondary N) is 1. The van der Waals surface area contributed by atoms with Crippen LogP contribution in [0.4, 0.5) is 0 Å². The van der Waals surface area contributed by atoms with Crippen LogP contribution in [0.2, 0.25) is 0 Å². The molecule has 4 nitrogen and oxygen atoms in total. The topological polar surface area (TPSA) is 51.0 Å². The Bertz CT molecular complexity index is 600. The van der Waals surface area contributed by atoms with Crippen LogP contribution in [0.3, 0.4) is 0 Å². The Labute approximate surface area is 137 Å². The highest BCUT2D eigenvalue weighted by atomic mass is 79.9. The number of thioether (sulfide) groups is 1. The molecule has 1 atom stereocenters. The standard InChI is InChI=1S/C15H18BrN3OS/c1-17-12(10-6-7-10)8-15-18-14(19-20-15)9-21-13-5-3-2-4-11(13)16/h2-5,10,12,17H,6-9H2,1H3. The smallest absolute Gasteiger partial charge is 0.228 e. The van der Waals surface area contributed by atoms with Gasteiger partial charge in [-0.05, 0) is 53.9 Å². The summed E-state index contributed by atoms with van der Waals surface area (Å²) in [5.74, 6) is 3.00. The van der Waals surface area contributed by atoms with Crippen LogP contribution >= 0.6 is 27.7 Å². The van der Waals surface area contributed by atoms with Gasteiger partial charge in [0.05, 0.1) is 5.75 Å². The summed E-state index contributed by atoms with van der Waals surface area (Å²) in [6.07, 6.45) is 3.45. The lowest BCUT2D eigenvalue weighted by Gasteiger charge is -2.11. The first-order chi connectivity index (χ1) is 10.3. The van der Waals surface area contributed by atoms with Crippen molar-refractivity contribution in [2.75, 3.05) is 7.05 Å². The van der Waals surface area contributed by atoms with Crippen LogP contribution in [0.25, 0.3) is 0 Å². The Hall–Kier alpha value is -0.850. The van der Waals surface area contributed by atoms with Gasteiger partial charge in [-0.2, -0.15) is 4.98 Å². The van der Waals surface area contributed by atoms with E-state index in [0.29, 0.717) is 6.04 Å². The summed E-state index contributed by atoms with van der Waals surface area (Å²) in [6.45, 7) is 0. The molecule has 1 aliphatic carbocycles. The number of nitrogens with zero attached hydrogens (tertiary/aromatic N) is 2. The number of benzene rings is 1. The number of hydrogen-bond acceptors (Lipinski definition) is 5. The molecule has 1 N–H and O–H groups in total. The summed E-state index contributed by atoms with van der Waals surface area (Å²) in [5, 5.41) is 7.43. The Morgan fingerprint density at radius 2 is 2.24 bits per heavy atom. The maximum atomic E-state index is 5.37. The molecule has 112 valence electrons. The normalized spacial score (nSPS) is 16.1. The fraction of sp³-hybridized carbons (Fsp3) is 0.467. The van der Waals surface area contributed by atoms with Gasteiger partial charge in [-0.3, -0.25) is 0 Å². The van der Waals surface area contributed by atoms with Crippen molar-refractivity contribution >= 4 is 27.7 Å². The third-order valence-corrected chi connectivity index (χ3v) is 5.68. The highest BCUT2D eigenvalue weighted by Crippen LogP contribution is 2.34. The van der Waals surface area contributed by atoms with Crippen molar-refractivity contribution in [1.82, 2.24) is 15.5 Å². The summed E-state index contributed by atoms with van der Waals surface area (Å²) in [7, 11) is 2.00. The summed E-state index contributed by atoms with van der Waals surface area (Å²) >= 11 is 5.26. The highest BCUT2D eigenvalue weighted by Gasteiger charge is 2.31. The molecule has 1 aliphatic rings. The third-order valence-electron chi connectivity index (χ3n) is 3.66. The monoisotopic (exact) mass is 367 g/mol. The molecule has 1 aromatic heterocycles. The van der Waals surface area contributed by atoms with E-state index in [2.05, 4.69) is 37.5 Å². The van der Waals surface area contributed by atoms with E-state index in [1.54, 1.807) is 11.8 Å². The quantitative estimate of drug-likeness (QED) is 0.756. The molecule has 0 amide bonds. The van der Waals surface area contributed by atoms with Crippen LogP contribution in [0, 0.1) is 5.92 Å². The molecule has 0 saturated heterocycles. The molecule has 0 bridgehead atoms. The lowest BCUT2D eigenvalue weighted by molar-refractivity contribution is 0.349. The van der Waals surface area contributed by atoms with E-state index in [1.807, 2.05) is 25.2 Å². The predicted octanol–water partition coefficient (Wildman–Crippen LogP) is 3.66. The van der Waals surface area contributed by atoms with Crippen LogP contribution in [0.5, 0.6) is 0 Å². The van der Waals surface area contributed by atoms with E-state index in [9.17, 15) is 0 Å². The number of rotatable bonds is 7. The fourth-order valence-electron chi connectivity index (χ4n) is 2.33. The Kier molecular flexibility index (Phi) is 4.98. The van der Waals surface area contributed by atoms with Crippen molar-refractivity contribution in [3.05, 3.63) is 40.5 Å². The molecule has 2 aromatic rings. The number of halogens is 1. The lowest BCUT2D eigenvalue weighted by atomic mass is 10.1. The average molecular weight is 368 g/mol. The van der Waals surface area contributed by atoms with E-state index >= 15 is 0 Å². The first-order valence-corrected chi connectivity index (χ1v) is 8.90. The summed E-state index contributed by atoms with van der Waals surface area (Å²) < 4.78 is 6.47. The second-order valence-electron chi connectivity index (χ2n) is 5.26. The molecular weight excluding hydrogens is 350 g/mol. The molecule has 6 heteroatoms. The maximum absolute atomic E-state index is 5.37. The Morgan fingerprint density at radius 3 is 2.95 bits per heavy atom. The molecule has 1 heterocycles. The molecule has 1 fully saturated rings. The van der Waals surface area contributed by atoms with Crippen molar-refractivity contribution in [2.45, 2.75) is 36.0 Å². The summed E-state index contributed by atoms with van der Waals surface area (Å²) in [5.41, 5.74) is 0. The van der Waals surface area contributed by atoms with Crippen molar-refractivity contribution in [1.29, 1.82) is 0 Å². The van der Waals surface area contributed by atoms with Crippen molar-refractivity contribution < 1.29 is 4.52 Å². The Morgan fingerprint density at radius 1 is 1.43 bits per heavy atom. The van der Waals surface area contributed by atoms with Gasteiger partial charge in [-0.1, -0.05) is 17.3 Å². The molecule has 1 unspecified atom stereocenters. The molecular formula is C15H18BrN3OS. The fourth-order valence-corrected chi connectivity index (χ4v) is 3.74. The summed E-state index contributed by atoms with van der Waals surface area (Å²) in [4.78, 5) is 5.69. The summed E-state index contributed by atoms with van der Waals surface area (Å²) in [6, 6.07) is 8.63. The van der Waals surface area contributed by atoms with Crippen molar-refractivity contribution in [3.8, 4) is 0 Å². The van der Waals surface area contributed by atoms with Crippen LogP contribution in [0.15, 0.2) is 38.2 Å². The third kappa shape index (κ3) is 4.08. The zero-order valence-corrected chi connectivity index (χ0v) is 14.3. The van der Waals surface area contributed by atoms with Crippen LogP contribution in [-0.2, 0) is 12.2 Å². The van der Waals surface area contributed by atoms with E-state index in [1.165, 1.54) is 17.7 Å². The van der Waals surface area contributed by atoms with Crippen molar-refractivity contribution in [3.63, 3.8) is 0 Å². The molecule has 0 radical (unpaired) electrons. The number of hydrogen-bond donors (Lipinski definition) is 1. The van der Waals surface area contributed by atoms with Gasteiger partial charge in [0.25, 0.3) is 0 Å². The minimum Gasteiger partial charge on any atom is -0.339 e. The van der Waals surface area contributed by atoms with Crippen LogP contribution < -0.4 is 5.32 Å². The average Bonchev–Trinajstić information content (AvgIpc) is 3.24. The first kappa shape index (κ1) is 15.1. The largest absolute Gasteiger partial charge is 0.339 e. The number of likely N-dealkylation sites (N-methyl/N-ethyl adjacent to an activating group) is 1. The van der Waals surface area contributed by atoms with Gasteiger partial charge in [-0.15, -0.1) is 11.8 Å². The Balaban J connectivity index is 1.56. The van der Waals surface area contributed by atoms with Crippen LogP contribution in [0.1, 0.15) is 24.6 Å². The number of aromatic nitrogens is 2. The minimum absolute atomic E-state index is 0.467. The van der Waals surface area contributed by atoms with Gasteiger partial charge in [0, 0.05) is 21.8 Å². The van der Waals surface area contributed by atoms with Gasteiger partial charge in [-0.25, -0.2) is 0 Å². The molecule has 0 aliphatic heterocycles. The van der Waals surface area contributed by atoms with Gasteiger partial charge in [0.15, 0.2) is 5.82 Å². The van der Waals surface area contributed by atoms with Crippen molar-refractivity contribution in [2.24, 2.45) is 5.92 Å². The molecule has 3 rings (SSSR count). The van der Waals surface area contributed by atoms with E-state index < -0.39 is 0 Å². The van der Waals surface area contributed by atoms with Gasteiger partial charge >= 0.3 is 0 Å². The molecule has 1 saturated carbocycles. The van der Waals surface area contributed by atoms with E-state index in [-0.39, 0.29) is 0 Å². The predicted molar refractivity (Wildman–Crippen MR) is 87.3 cm³/mol. The van der Waals surface area contributed by atoms with E-state index in [4.69, 9.17) is 4.52 Å². The first-order valence-electron chi connectivity index (χ1n) is 7.12. The minimum atomic E-state index is 0.467. The SMILES string of the molecule is CNC(Cc1nc(CSc2ccccc2Br)no1)C1CC1. The van der Waals surface area contributed by atoms with Crippen LogP contribution in [-0.4, -0.2) is 23.2 Å². The van der Waals surface area contributed by atoms with Gasteiger partial charge in [0.1, 0.15) is 0 Å². The molecule has 1 aromatic carbocycles. The van der Waals surface area contributed by atoms with E-state index in [0.717, 1.165) is 34.3 Å². The second-order valence-corrected chi connectivity index (χ2v) is 7.13. The highest BCUT2D eigenvalue weighted by molar-refractivity contribution is 9.10. The maximum Gasteiger partial charge on any atom is 0.228 e. The van der Waals surface area contributed by atoms with Gasteiger partial charge < -0.3 is 9.84 Å². The van der Waals surface area contributed by atoms with Gasteiger partial charge in [0.2, 0.25) is 5.89 Å². The lowest BCUT2D eigenvalue weighted by Crippen LogP contribution is -2.29. The zero-order valence-electron chi connectivity index (χ0n) is 11.9. The molecule has 0 spiro atoms.